The summed E-state index contributed by atoms with van der Waals surface area (Å²) < 4.78 is 4.72. The summed E-state index contributed by atoms with van der Waals surface area (Å²) in [6.45, 7) is 3.20. The van der Waals surface area contributed by atoms with Crippen LogP contribution in [0, 0.1) is 0 Å². The van der Waals surface area contributed by atoms with Gasteiger partial charge in [-0.25, -0.2) is 0 Å². The molecule has 0 spiro atoms. The number of esters is 1. The molecule has 1 aliphatic rings. The van der Waals surface area contributed by atoms with Crippen LogP contribution in [0.25, 0.3) is 0 Å². The topological polar surface area (TPSA) is 77.5 Å². The average Bonchev–Trinajstić information content (AvgIpc) is 2.75. The first-order valence-corrected chi connectivity index (χ1v) is 7.16. The van der Waals surface area contributed by atoms with Gasteiger partial charge in [0.15, 0.2) is 0 Å². The molecular formula is C11H6ClMnO5. The SMILES string of the molecule is C=CC(=O)OC1=[C]([Mn](=[C]=O)(=[C]=O)=[C]=O)C(Cl)=CC1. The van der Waals surface area contributed by atoms with Crippen LogP contribution >= 0.6 is 11.6 Å². The Morgan fingerprint density at radius 3 is 2.39 bits per heavy atom. The summed E-state index contributed by atoms with van der Waals surface area (Å²) in [4.78, 5) is 47.7. The Hall–Kier alpha value is -1.76. The molecule has 1 rings (SSSR count). The Kier molecular flexibility index (Phi) is 4.55. The summed E-state index contributed by atoms with van der Waals surface area (Å²) >= 11 is 1.75. The molecule has 7 heteroatoms. The van der Waals surface area contributed by atoms with Gasteiger partial charge in [0.1, 0.15) is 0 Å². The molecule has 0 N–H and O–H groups in total. The third-order valence-electron chi connectivity index (χ3n) is 1.94. The fourth-order valence-electron chi connectivity index (χ4n) is 1.20. The van der Waals surface area contributed by atoms with E-state index in [0.29, 0.717) is 0 Å². The van der Waals surface area contributed by atoms with Crippen molar-refractivity contribution >= 4 is 31.9 Å². The van der Waals surface area contributed by atoms with E-state index in [1.54, 1.807) is 0 Å². The van der Waals surface area contributed by atoms with Crippen LogP contribution in [0.2, 0.25) is 0 Å². The van der Waals surface area contributed by atoms with Gasteiger partial charge < -0.3 is 0 Å². The van der Waals surface area contributed by atoms with Crippen molar-refractivity contribution in [3.63, 3.8) is 0 Å². The number of carbonyl (C=O) groups is 1. The van der Waals surface area contributed by atoms with Gasteiger partial charge in [0.25, 0.3) is 0 Å². The quantitative estimate of drug-likeness (QED) is 0.438. The second kappa shape index (κ2) is 5.72. The Bertz CT molecular complexity index is 692. The zero-order chi connectivity index (χ0) is 13.8. The summed E-state index contributed by atoms with van der Waals surface area (Å²) in [5.41, 5.74) is 0. The molecule has 0 aromatic carbocycles. The minimum absolute atomic E-state index is 0.00409. The molecule has 0 atom stereocenters. The molecule has 0 aliphatic heterocycles. The van der Waals surface area contributed by atoms with E-state index in [1.165, 1.54) is 20.4 Å². The predicted molar refractivity (Wildman–Crippen MR) is 58.9 cm³/mol. The van der Waals surface area contributed by atoms with E-state index >= 15 is 0 Å². The van der Waals surface area contributed by atoms with E-state index < -0.39 is 17.5 Å². The fraction of sp³-hybridized carbons (Fsp3) is 0.0909. The predicted octanol–water partition coefficient (Wildman–Crippen LogP) is 0.809. The molecule has 0 unspecified atom stereocenters. The molecule has 0 saturated carbocycles. The van der Waals surface area contributed by atoms with Crippen LogP contribution < -0.4 is 0 Å². The number of hydrogen-bond acceptors (Lipinski definition) is 5. The van der Waals surface area contributed by atoms with Crippen LogP contribution in [0.3, 0.4) is 0 Å². The van der Waals surface area contributed by atoms with Crippen molar-refractivity contribution in [3.05, 3.63) is 34.0 Å². The molecule has 0 aromatic rings. The number of allylic oxidation sites excluding steroid dienone is 3. The normalized spacial score (nSPS) is 14.2. The average molecular weight is 309 g/mol. The maximum atomic E-state index is 11.1. The summed E-state index contributed by atoms with van der Waals surface area (Å²) in [5.74, 6) is -0.819. The summed E-state index contributed by atoms with van der Waals surface area (Å²) in [6, 6.07) is 0. The second-order valence-electron chi connectivity index (χ2n) is 2.92. The second-order valence-corrected chi connectivity index (χ2v) is 6.41. The number of carbonyl (C=O) groups excluding carboxylic acids is 4. The molecule has 0 amide bonds. The fourth-order valence-corrected chi connectivity index (χ4v) is 3.55. The van der Waals surface area contributed by atoms with Crippen LogP contribution in [0.4, 0.5) is 0 Å². The van der Waals surface area contributed by atoms with Crippen LogP contribution in [0.5, 0.6) is 0 Å². The van der Waals surface area contributed by atoms with Gasteiger partial charge >= 0.3 is 108 Å². The van der Waals surface area contributed by atoms with E-state index in [4.69, 9.17) is 16.3 Å². The number of hydrogen-bond donors (Lipinski definition) is 0. The van der Waals surface area contributed by atoms with Crippen LogP contribution in [0.15, 0.2) is 34.0 Å². The zero-order valence-corrected chi connectivity index (χ0v) is 10.8. The minimum atomic E-state index is -4.06. The molecule has 94 valence electrons. The zero-order valence-electron chi connectivity index (χ0n) is 8.87. The van der Waals surface area contributed by atoms with E-state index in [-0.39, 0.29) is 21.7 Å². The van der Waals surface area contributed by atoms with Gasteiger partial charge in [0.05, 0.1) is 0 Å². The first-order valence-electron chi connectivity index (χ1n) is 4.42. The molecular weight excluding hydrogens is 303 g/mol. The van der Waals surface area contributed by atoms with Crippen molar-refractivity contribution in [3.8, 4) is 0 Å². The van der Waals surface area contributed by atoms with Crippen molar-refractivity contribution in [1.82, 2.24) is 0 Å². The van der Waals surface area contributed by atoms with Gasteiger partial charge in [-0.15, -0.1) is 0 Å². The molecule has 0 bridgehead atoms. The summed E-state index contributed by atoms with van der Waals surface area (Å²) in [6.07, 6.45) is 2.41. The van der Waals surface area contributed by atoms with E-state index in [9.17, 15) is 19.2 Å². The van der Waals surface area contributed by atoms with Crippen molar-refractivity contribution in [2.75, 3.05) is 0 Å². The maximum absolute atomic E-state index is 11.1. The molecule has 0 heterocycles. The van der Waals surface area contributed by atoms with Crippen LogP contribution in [0.1, 0.15) is 6.42 Å². The standard InChI is InChI=1S/C8H6ClO2.3CO.Mn/c1-2-8(10)11-7-4-3-6(9)5-7;3*1-2;/h2-3H,1,4H2;;;;. The molecule has 5 nitrogen and oxygen atoms in total. The molecule has 18 heavy (non-hydrogen) atoms. The van der Waals surface area contributed by atoms with E-state index in [0.717, 1.165) is 6.08 Å². The first kappa shape index (κ1) is 14.3. The Morgan fingerprint density at radius 1 is 1.39 bits per heavy atom. The number of halogens is 1. The molecule has 0 aromatic heterocycles. The van der Waals surface area contributed by atoms with Gasteiger partial charge in [0.2, 0.25) is 0 Å². The third-order valence-corrected chi connectivity index (χ3v) is 5.07. The molecule has 1 aliphatic carbocycles. The summed E-state index contributed by atoms with van der Waals surface area (Å²) in [7, 11) is 0. The van der Waals surface area contributed by atoms with Crippen molar-refractivity contribution in [1.29, 1.82) is 0 Å². The van der Waals surface area contributed by atoms with Gasteiger partial charge in [-0.2, -0.15) is 0 Å². The van der Waals surface area contributed by atoms with Crippen LogP contribution in [-0.2, 0) is 35.4 Å². The van der Waals surface area contributed by atoms with Gasteiger partial charge in [0, 0.05) is 0 Å². The number of ether oxygens (including phenoxy) is 1. The Balaban J connectivity index is 3.66. The van der Waals surface area contributed by atoms with Crippen molar-refractivity contribution in [2.45, 2.75) is 6.42 Å². The first-order chi connectivity index (χ1) is 8.54. The van der Waals surface area contributed by atoms with Gasteiger partial charge in [-0.1, -0.05) is 0 Å². The van der Waals surface area contributed by atoms with Gasteiger partial charge in [-0.05, 0) is 0 Å². The Labute approximate surface area is 108 Å². The van der Waals surface area contributed by atoms with Crippen LogP contribution in [-0.4, -0.2) is 20.3 Å². The monoisotopic (exact) mass is 308 g/mol. The van der Waals surface area contributed by atoms with E-state index in [1.807, 2.05) is 0 Å². The summed E-state index contributed by atoms with van der Waals surface area (Å²) in [5, 5.41) is 0.00409. The molecule has 0 saturated heterocycles. The van der Waals surface area contributed by atoms with Crippen molar-refractivity contribution < 1.29 is 35.4 Å². The third kappa shape index (κ3) is 2.40. The molecule has 0 fully saturated rings. The van der Waals surface area contributed by atoms with Gasteiger partial charge in [-0.3, -0.25) is 0 Å². The van der Waals surface area contributed by atoms with Crippen molar-refractivity contribution in [2.24, 2.45) is 0 Å². The van der Waals surface area contributed by atoms with E-state index in [2.05, 4.69) is 6.58 Å². The Morgan fingerprint density at radius 2 is 1.94 bits per heavy atom. The number of rotatable bonds is 3. The molecule has 0 radical (unpaired) electrons.